The minimum Gasteiger partial charge on any atom is -0.317 e. The Hall–Kier alpha value is -0.640. The number of nitrogens with zero attached hydrogens (tertiary/aromatic N) is 1. The van der Waals surface area contributed by atoms with Gasteiger partial charge in [-0.1, -0.05) is 12.1 Å². The third-order valence-corrected chi connectivity index (χ3v) is 4.51. The van der Waals surface area contributed by atoms with Gasteiger partial charge in [0.2, 0.25) is 0 Å². The van der Waals surface area contributed by atoms with Gasteiger partial charge in [-0.25, -0.2) is 4.39 Å². The summed E-state index contributed by atoms with van der Waals surface area (Å²) in [7, 11) is 0. The average molecular weight is 313 g/mol. The molecule has 1 N–H and O–H groups in total. The van der Waals surface area contributed by atoms with Crippen molar-refractivity contribution in [2.45, 2.75) is 32.2 Å². The summed E-state index contributed by atoms with van der Waals surface area (Å²) in [6, 6.07) is 7.01. The predicted molar refractivity (Wildman–Crippen MR) is 87.2 cm³/mol. The number of hydrogen-bond donors (Lipinski definition) is 1. The third kappa shape index (κ3) is 5.57. The van der Waals surface area contributed by atoms with Gasteiger partial charge in [0, 0.05) is 19.6 Å². The van der Waals surface area contributed by atoms with Gasteiger partial charge in [0.15, 0.2) is 0 Å². The standard InChI is InChI=1S/C17H25FN2.ClH/c18-17-5-3-15(4-6-17)12-20(11-14-1-2-14)13-16-7-9-19-10-8-16;/h3-6,14,16,19H,1-2,7-13H2;1H. The van der Waals surface area contributed by atoms with E-state index in [4.69, 9.17) is 0 Å². The number of piperidine rings is 1. The SMILES string of the molecule is Cl.Fc1ccc(CN(CC2CCNCC2)CC2CC2)cc1. The van der Waals surface area contributed by atoms with E-state index in [1.54, 1.807) is 12.1 Å². The molecule has 0 spiro atoms. The molecule has 2 aliphatic rings. The van der Waals surface area contributed by atoms with Crippen LogP contribution in [-0.2, 0) is 6.54 Å². The molecular weight excluding hydrogens is 287 g/mol. The fraction of sp³-hybridized carbons (Fsp3) is 0.647. The van der Waals surface area contributed by atoms with E-state index >= 15 is 0 Å². The molecule has 1 aromatic rings. The molecule has 118 valence electrons. The number of rotatable bonds is 6. The molecule has 3 rings (SSSR count). The fourth-order valence-corrected chi connectivity index (χ4v) is 3.15. The molecule has 4 heteroatoms. The molecule has 0 atom stereocenters. The van der Waals surface area contributed by atoms with Crippen LogP contribution in [0.4, 0.5) is 4.39 Å². The summed E-state index contributed by atoms with van der Waals surface area (Å²) in [4.78, 5) is 2.60. The van der Waals surface area contributed by atoms with E-state index in [0.29, 0.717) is 0 Å². The number of hydrogen-bond acceptors (Lipinski definition) is 2. The molecule has 1 aliphatic heterocycles. The van der Waals surface area contributed by atoms with Crippen LogP contribution in [0, 0.1) is 17.7 Å². The Kier molecular flexibility index (Phi) is 6.46. The second-order valence-corrected chi connectivity index (χ2v) is 6.46. The van der Waals surface area contributed by atoms with Crippen molar-refractivity contribution in [2.75, 3.05) is 26.2 Å². The van der Waals surface area contributed by atoms with Crippen molar-refractivity contribution in [1.29, 1.82) is 0 Å². The molecule has 0 radical (unpaired) electrons. The van der Waals surface area contributed by atoms with E-state index in [9.17, 15) is 4.39 Å². The van der Waals surface area contributed by atoms with Crippen molar-refractivity contribution in [3.8, 4) is 0 Å². The minimum absolute atomic E-state index is 0. The van der Waals surface area contributed by atoms with Gasteiger partial charge >= 0.3 is 0 Å². The van der Waals surface area contributed by atoms with Gasteiger partial charge in [-0.15, -0.1) is 12.4 Å². The predicted octanol–water partition coefficient (Wildman–Crippen LogP) is 3.46. The number of halogens is 2. The smallest absolute Gasteiger partial charge is 0.123 e. The maximum absolute atomic E-state index is 13.0. The second-order valence-electron chi connectivity index (χ2n) is 6.46. The van der Waals surface area contributed by atoms with Gasteiger partial charge in [0.05, 0.1) is 0 Å². The van der Waals surface area contributed by atoms with E-state index in [-0.39, 0.29) is 18.2 Å². The molecule has 1 aliphatic carbocycles. The maximum atomic E-state index is 13.0. The first-order valence-electron chi connectivity index (χ1n) is 7.97. The van der Waals surface area contributed by atoms with Crippen LogP contribution >= 0.6 is 12.4 Å². The highest BCUT2D eigenvalue weighted by Crippen LogP contribution is 2.31. The van der Waals surface area contributed by atoms with E-state index in [1.165, 1.54) is 57.4 Å². The largest absolute Gasteiger partial charge is 0.317 e. The minimum atomic E-state index is -0.138. The topological polar surface area (TPSA) is 15.3 Å². The molecule has 0 unspecified atom stereocenters. The molecule has 1 saturated heterocycles. The summed E-state index contributed by atoms with van der Waals surface area (Å²) in [5.74, 6) is 1.61. The first kappa shape index (κ1) is 16.7. The third-order valence-electron chi connectivity index (χ3n) is 4.51. The van der Waals surface area contributed by atoms with Crippen molar-refractivity contribution in [1.82, 2.24) is 10.2 Å². The highest BCUT2D eigenvalue weighted by Gasteiger charge is 2.26. The normalized spacial score (nSPS) is 19.5. The van der Waals surface area contributed by atoms with Gasteiger partial charge in [-0.3, -0.25) is 4.90 Å². The van der Waals surface area contributed by atoms with Crippen LogP contribution in [0.3, 0.4) is 0 Å². The highest BCUT2D eigenvalue weighted by molar-refractivity contribution is 5.85. The van der Waals surface area contributed by atoms with Gasteiger partial charge in [-0.2, -0.15) is 0 Å². The Morgan fingerprint density at radius 2 is 1.52 bits per heavy atom. The van der Waals surface area contributed by atoms with Crippen LogP contribution in [0.2, 0.25) is 0 Å². The summed E-state index contributed by atoms with van der Waals surface area (Å²) in [5, 5.41) is 3.44. The Balaban J connectivity index is 0.00000161. The molecule has 1 heterocycles. The first-order chi connectivity index (χ1) is 9.79. The lowest BCUT2D eigenvalue weighted by Gasteiger charge is -2.30. The van der Waals surface area contributed by atoms with Gasteiger partial charge < -0.3 is 5.32 Å². The second kappa shape index (κ2) is 8.11. The van der Waals surface area contributed by atoms with Gasteiger partial charge in [-0.05, 0) is 68.3 Å². The molecular formula is C17H26ClFN2. The van der Waals surface area contributed by atoms with E-state index in [0.717, 1.165) is 18.4 Å². The van der Waals surface area contributed by atoms with Crippen molar-refractivity contribution in [2.24, 2.45) is 11.8 Å². The Morgan fingerprint density at radius 1 is 0.952 bits per heavy atom. The first-order valence-corrected chi connectivity index (χ1v) is 7.97. The lowest BCUT2D eigenvalue weighted by Crippen LogP contribution is -2.36. The van der Waals surface area contributed by atoms with E-state index < -0.39 is 0 Å². The van der Waals surface area contributed by atoms with Crippen LogP contribution in [-0.4, -0.2) is 31.1 Å². The fourth-order valence-electron chi connectivity index (χ4n) is 3.15. The van der Waals surface area contributed by atoms with Crippen molar-refractivity contribution >= 4 is 12.4 Å². The molecule has 0 bridgehead atoms. The molecule has 21 heavy (non-hydrogen) atoms. The Labute approximate surface area is 133 Å². The summed E-state index contributed by atoms with van der Waals surface area (Å²) >= 11 is 0. The monoisotopic (exact) mass is 312 g/mol. The number of nitrogens with one attached hydrogen (secondary N) is 1. The molecule has 0 aromatic heterocycles. The van der Waals surface area contributed by atoms with Crippen LogP contribution in [0.25, 0.3) is 0 Å². The quantitative estimate of drug-likeness (QED) is 0.865. The molecule has 1 saturated carbocycles. The van der Waals surface area contributed by atoms with E-state index in [2.05, 4.69) is 10.2 Å². The summed E-state index contributed by atoms with van der Waals surface area (Å²) < 4.78 is 13.0. The van der Waals surface area contributed by atoms with Gasteiger partial charge in [0.25, 0.3) is 0 Å². The molecule has 1 aromatic carbocycles. The average Bonchev–Trinajstić information content (AvgIpc) is 3.26. The maximum Gasteiger partial charge on any atom is 0.123 e. The Bertz CT molecular complexity index is 413. The zero-order valence-electron chi connectivity index (χ0n) is 12.6. The summed E-state index contributed by atoms with van der Waals surface area (Å²) in [6.07, 6.45) is 5.38. The molecule has 2 nitrogen and oxygen atoms in total. The van der Waals surface area contributed by atoms with Crippen molar-refractivity contribution < 1.29 is 4.39 Å². The zero-order valence-corrected chi connectivity index (χ0v) is 13.4. The molecule has 0 amide bonds. The van der Waals surface area contributed by atoms with Crippen LogP contribution < -0.4 is 5.32 Å². The number of benzene rings is 1. The zero-order chi connectivity index (χ0) is 13.8. The van der Waals surface area contributed by atoms with Crippen LogP contribution in [0.15, 0.2) is 24.3 Å². The van der Waals surface area contributed by atoms with Crippen molar-refractivity contribution in [3.63, 3.8) is 0 Å². The van der Waals surface area contributed by atoms with E-state index in [1.807, 2.05) is 12.1 Å². The lowest BCUT2D eigenvalue weighted by atomic mass is 9.97. The lowest BCUT2D eigenvalue weighted by molar-refractivity contribution is 0.192. The van der Waals surface area contributed by atoms with Crippen LogP contribution in [0.1, 0.15) is 31.2 Å². The van der Waals surface area contributed by atoms with Crippen LogP contribution in [0.5, 0.6) is 0 Å². The summed E-state index contributed by atoms with van der Waals surface area (Å²) in [5.41, 5.74) is 1.24. The van der Waals surface area contributed by atoms with Gasteiger partial charge in [0.1, 0.15) is 5.82 Å². The highest BCUT2D eigenvalue weighted by atomic mass is 35.5. The Morgan fingerprint density at radius 3 is 2.10 bits per heavy atom. The summed E-state index contributed by atoms with van der Waals surface area (Å²) in [6.45, 7) is 5.73. The molecule has 2 fully saturated rings. The van der Waals surface area contributed by atoms with Crippen molar-refractivity contribution in [3.05, 3.63) is 35.6 Å².